The number of carbonyl (C=O) groups excluding carboxylic acids is 7. The summed E-state index contributed by atoms with van der Waals surface area (Å²) in [6, 6.07) is 4.00. The summed E-state index contributed by atoms with van der Waals surface area (Å²) >= 11 is 0. The van der Waals surface area contributed by atoms with Gasteiger partial charge >= 0.3 is 11.9 Å². The molecule has 0 aliphatic carbocycles. The van der Waals surface area contributed by atoms with E-state index >= 15 is 0 Å². The highest BCUT2D eigenvalue weighted by molar-refractivity contribution is 6.38. The maximum atomic E-state index is 13.5. The third-order valence-electron chi connectivity index (χ3n) is 8.40. The fourth-order valence-electron chi connectivity index (χ4n) is 5.87. The number of carboxylic acids is 1. The minimum Gasteiger partial charge on any atom is -0.481 e. The first kappa shape index (κ1) is 39.2. The van der Waals surface area contributed by atoms with Gasteiger partial charge < -0.3 is 40.5 Å². The van der Waals surface area contributed by atoms with Crippen LogP contribution in [-0.4, -0.2) is 126 Å². The Hall–Kier alpha value is -5.28. The Balaban J connectivity index is 1.57. The highest BCUT2D eigenvalue weighted by Gasteiger charge is 2.37. The number of carboxylic acid groups (broad SMARTS) is 1. The molecule has 3 atom stereocenters. The molecule has 5 amide bonds. The van der Waals surface area contributed by atoms with Crippen LogP contribution < -0.4 is 20.9 Å². The van der Waals surface area contributed by atoms with Crippen molar-refractivity contribution in [3.63, 3.8) is 0 Å². The van der Waals surface area contributed by atoms with Crippen molar-refractivity contribution >= 4 is 52.9 Å². The van der Waals surface area contributed by atoms with Gasteiger partial charge in [-0.15, -0.1) is 0 Å². The van der Waals surface area contributed by atoms with Crippen LogP contribution in [0.1, 0.15) is 62.7 Å². The molecule has 0 spiro atoms. The van der Waals surface area contributed by atoms with E-state index in [1.807, 2.05) is 4.90 Å². The molecule has 0 radical (unpaired) electrons. The maximum absolute atomic E-state index is 13.5. The lowest BCUT2D eigenvalue weighted by atomic mass is 10.0. The fourth-order valence-corrected chi connectivity index (χ4v) is 5.87. The molecule has 50 heavy (non-hydrogen) atoms. The molecule has 1 aromatic carbocycles. The highest BCUT2D eigenvalue weighted by atomic mass is 16.5. The Morgan fingerprint density at radius 1 is 0.960 bits per heavy atom. The number of esters is 1. The van der Waals surface area contributed by atoms with E-state index in [1.165, 1.54) is 17.9 Å². The third kappa shape index (κ3) is 11.1. The predicted molar refractivity (Wildman–Crippen MR) is 180 cm³/mol. The topological polar surface area (TPSA) is 212 Å². The van der Waals surface area contributed by atoms with E-state index < -0.39 is 60.1 Å². The number of aliphatic carboxylic acids is 1. The molecular formula is C34H46N6O10. The minimum absolute atomic E-state index is 0.00605. The Bertz CT molecular complexity index is 1440. The quantitative estimate of drug-likeness (QED) is 0.0967. The molecule has 16 heteroatoms. The first-order chi connectivity index (χ1) is 23.9. The van der Waals surface area contributed by atoms with Crippen molar-refractivity contribution in [2.75, 3.05) is 50.8 Å². The number of piperazine rings is 1. The van der Waals surface area contributed by atoms with Gasteiger partial charge in [-0.05, 0) is 49.9 Å². The number of nitrogens with zero attached hydrogens (tertiary/aromatic N) is 3. The second-order valence-corrected chi connectivity index (χ2v) is 12.1. The van der Waals surface area contributed by atoms with E-state index in [0.717, 1.165) is 5.69 Å². The van der Waals surface area contributed by atoms with Crippen LogP contribution >= 0.6 is 0 Å². The van der Waals surface area contributed by atoms with Gasteiger partial charge in [-0.25, -0.2) is 0 Å². The lowest BCUT2D eigenvalue weighted by Crippen LogP contribution is -2.55. The second-order valence-electron chi connectivity index (χ2n) is 12.1. The monoisotopic (exact) mass is 698 g/mol. The number of likely N-dealkylation sites (tertiary alicyclic amines) is 1. The van der Waals surface area contributed by atoms with E-state index in [4.69, 9.17) is 9.84 Å². The van der Waals surface area contributed by atoms with Gasteiger partial charge in [0.25, 0.3) is 11.8 Å². The van der Waals surface area contributed by atoms with Crippen molar-refractivity contribution in [1.82, 2.24) is 25.8 Å². The van der Waals surface area contributed by atoms with Crippen molar-refractivity contribution in [3.05, 3.63) is 42.5 Å². The predicted octanol–water partition coefficient (Wildman–Crippen LogP) is 0.00870. The number of ketones is 1. The molecule has 2 aliphatic heterocycles. The van der Waals surface area contributed by atoms with Crippen LogP contribution in [-0.2, 0) is 38.3 Å². The number of rotatable bonds is 17. The van der Waals surface area contributed by atoms with Gasteiger partial charge in [0.1, 0.15) is 25.2 Å². The molecule has 0 aromatic heterocycles. The Kier molecular flexibility index (Phi) is 14.9. The van der Waals surface area contributed by atoms with Crippen LogP contribution in [0.25, 0.3) is 0 Å². The Morgan fingerprint density at radius 2 is 1.64 bits per heavy atom. The van der Waals surface area contributed by atoms with Gasteiger partial charge in [0, 0.05) is 57.3 Å². The molecule has 2 heterocycles. The second kappa shape index (κ2) is 19.0. The van der Waals surface area contributed by atoms with Crippen LogP contribution in [0.3, 0.4) is 0 Å². The molecule has 1 aromatic rings. The summed E-state index contributed by atoms with van der Waals surface area (Å²) in [4.78, 5) is 105. The molecule has 4 N–H and O–H groups in total. The molecule has 272 valence electrons. The van der Waals surface area contributed by atoms with E-state index in [1.54, 1.807) is 36.1 Å². The van der Waals surface area contributed by atoms with Crippen molar-refractivity contribution in [1.29, 1.82) is 0 Å². The van der Waals surface area contributed by atoms with Gasteiger partial charge in [0.15, 0.2) is 0 Å². The van der Waals surface area contributed by atoms with Crippen molar-refractivity contribution in [2.45, 2.75) is 70.5 Å². The number of anilines is 1. The van der Waals surface area contributed by atoms with Crippen LogP contribution in [0.15, 0.2) is 36.9 Å². The summed E-state index contributed by atoms with van der Waals surface area (Å²) in [6.45, 7) is 7.95. The normalized spacial score (nSPS) is 16.8. The first-order valence-electron chi connectivity index (χ1n) is 16.7. The van der Waals surface area contributed by atoms with Gasteiger partial charge in [-0.2, -0.15) is 0 Å². The van der Waals surface area contributed by atoms with Gasteiger partial charge in [-0.1, -0.05) is 26.0 Å². The lowest BCUT2D eigenvalue weighted by molar-refractivity contribution is -0.145. The molecular weight excluding hydrogens is 652 g/mol. The number of carbonyl (C=O) groups is 8. The smallest absolute Gasteiger partial charge is 0.325 e. The van der Waals surface area contributed by atoms with E-state index in [9.17, 15) is 38.4 Å². The molecule has 0 bridgehead atoms. The van der Waals surface area contributed by atoms with Crippen molar-refractivity contribution in [3.8, 4) is 0 Å². The van der Waals surface area contributed by atoms with Crippen molar-refractivity contribution in [2.24, 2.45) is 0 Å². The average Bonchev–Trinajstić information content (AvgIpc) is 3.60. The summed E-state index contributed by atoms with van der Waals surface area (Å²) in [5.41, 5.74) is 1.18. The number of hydrogen-bond donors (Lipinski definition) is 4. The number of nitrogens with one attached hydrogen (secondary N) is 3. The molecule has 16 nitrogen and oxygen atoms in total. The number of Topliss-reactive ketones (excluding diaryl/α,β-unsaturated/α-hetero) is 1. The van der Waals surface area contributed by atoms with Crippen molar-refractivity contribution < 1.29 is 48.2 Å². The Morgan fingerprint density at radius 3 is 2.24 bits per heavy atom. The van der Waals surface area contributed by atoms with Gasteiger partial charge in [0.2, 0.25) is 23.5 Å². The number of ether oxygens (including phenoxy) is 1. The fraction of sp³-hybridized carbons (Fsp3) is 0.529. The maximum Gasteiger partial charge on any atom is 0.325 e. The molecule has 2 aliphatic rings. The summed E-state index contributed by atoms with van der Waals surface area (Å²) in [6.07, 6.45) is 2.73. The van der Waals surface area contributed by atoms with Gasteiger partial charge in [-0.3, -0.25) is 38.4 Å². The molecule has 2 saturated heterocycles. The zero-order valence-electron chi connectivity index (χ0n) is 28.5. The molecule has 1 unspecified atom stereocenters. The van der Waals surface area contributed by atoms with Gasteiger partial charge in [0.05, 0.1) is 6.04 Å². The summed E-state index contributed by atoms with van der Waals surface area (Å²) in [5, 5.41) is 16.4. The van der Waals surface area contributed by atoms with Crippen LogP contribution in [0, 0.1) is 0 Å². The SMILES string of the molecule is C=CCOC(=O)CNC(=O)C(=O)C(CCC)NC(=O)[C@@H]1CCCN1C(=O)c1ccc(N2CCN(C(=O)[C@H](CCC(=O)O)NC(C)=O)CC2)cc1. The molecule has 3 rings (SSSR count). The zero-order chi connectivity index (χ0) is 36.8. The van der Waals surface area contributed by atoms with E-state index in [-0.39, 0.29) is 37.7 Å². The summed E-state index contributed by atoms with van der Waals surface area (Å²) in [5.74, 6) is -5.39. The Labute approximate surface area is 290 Å². The van der Waals surface area contributed by atoms with Crippen LogP contribution in [0.5, 0.6) is 0 Å². The van der Waals surface area contributed by atoms with E-state index in [0.29, 0.717) is 57.5 Å². The minimum atomic E-state index is -1.13. The number of hydrogen-bond acceptors (Lipinski definition) is 10. The molecule has 0 saturated carbocycles. The summed E-state index contributed by atoms with van der Waals surface area (Å²) in [7, 11) is 0. The zero-order valence-corrected chi connectivity index (χ0v) is 28.5. The van der Waals surface area contributed by atoms with Crippen LogP contribution in [0.2, 0.25) is 0 Å². The number of amides is 5. The largest absolute Gasteiger partial charge is 0.481 e. The first-order valence-corrected chi connectivity index (χ1v) is 16.7. The standard InChI is InChI=1S/C34H46N6O10/c1-4-7-25(30(45)32(47)35-21-29(44)50-20-5-2)37-31(46)27-8-6-15-40(27)33(48)23-9-11-24(12-10-23)38-16-18-39(19-17-38)34(49)26(36-22(3)41)13-14-28(42)43/h5,9-12,25-27H,2,4,6-8,13-21H2,1,3H3,(H,35,47)(H,36,41)(H,37,46)(H,42,43)/t25?,26-,27-/m0/s1. The van der Waals surface area contributed by atoms with Crippen LogP contribution in [0.4, 0.5) is 5.69 Å². The highest BCUT2D eigenvalue weighted by Crippen LogP contribution is 2.23. The lowest BCUT2D eigenvalue weighted by Gasteiger charge is -2.37. The number of benzene rings is 1. The summed E-state index contributed by atoms with van der Waals surface area (Å²) < 4.78 is 4.78. The third-order valence-corrected chi connectivity index (χ3v) is 8.40. The molecule has 2 fully saturated rings. The average molecular weight is 699 g/mol. The van der Waals surface area contributed by atoms with E-state index in [2.05, 4.69) is 22.5 Å².